The minimum atomic E-state index is -0.971. The number of hydrogen-bond donors (Lipinski definition) is 2. The van der Waals surface area contributed by atoms with E-state index in [0.717, 1.165) is 34.9 Å². The van der Waals surface area contributed by atoms with Crippen molar-refractivity contribution in [3.05, 3.63) is 125 Å². The van der Waals surface area contributed by atoms with Crippen LogP contribution in [0.4, 0.5) is 8.78 Å². The smallest absolute Gasteiger partial charge is 0.335 e. The summed E-state index contributed by atoms with van der Waals surface area (Å²) in [6.07, 6.45) is 2.13. The van der Waals surface area contributed by atoms with Gasteiger partial charge in [-0.05, 0) is 78.4 Å². The Labute approximate surface area is 243 Å². The lowest BCUT2D eigenvalue weighted by molar-refractivity contribution is -0.137. The van der Waals surface area contributed by atoms with E-state index in [1.54, 1.807) is 36.4 Å². The highest BCUT2D eigenvalue weighted by Crippen LogP contribution is 2.25. The molecule has 0 aliphatic heterocycles. The van der Waals surface area contributed by atoms with Gasteiger partial charge in [0.1, 0.15) is 24.0 Å². The van der Waals surface area contributed by atoms with Gasteiger partial charge in [0, 0.05) is 31.1 Å². The van der Waals surface area contributed by atoms with Gasteiger partial charge in [0.25, 0.3) is 0 Å². The molecule has 0 fully saturated rings. The van der Waals surface area contributed by atoms with Crippen LogP contribution in [-0.2, 0) is 24.4 Å². The van der Waals surface area contributed by atoms with Crippen molar-refractivity contribution in [1.29, 1.82) is 0 Å². The van der Waals surface area contributed by atoms with Gasteiger partial charge in [0.2, 0.25) is 0 Å². The quantitative estimate of drug-likeness (QED) is 0.146. The first kappa shape index (κ1) is 30.4. The van der Waals surface area contributed by atoms with Gasteiger partial charge in [-0.15, -0.1) is 0 Å². The van der Waals surface area contributed by atoms with Gasteiger partial charge in [-0.25, -0.2) is 13.6 Å². The van der Waals surface area contributed by atoms with Crippen molar-refractivity contribution >= 4 is 11.9 Å². The zero-order chi connectivity index (χ0) is 29.9. The number of carbonyl (C=O) groups is 2. The summed E-state index contributed by atoms with van der Waals surface area (Å²) >= 11 is 0. The highest BCUT2D eigenvalue weighted by Gasteiger charge is 2.12. The summed E-state index contributed by atoms with van der Waals surface area (Å²) in [7, 11) is 0. The molecule has 0 radical (unpaired) electrons. The Balaban J connectivity index is 1.38. The van der Waals surface area contributed by atoms with Gasteiger partial charge in [-0.2, -0.15) is 0 Å². The highest BCUT2D eigenvalue weighted by atomic mass is 19.1. The molecule has 8 heteroatoms. The van der Waals surface area contributed by atoms with E-state index in [1.807, 2.05) is 36.4 Å². The predicted molar refractivity (Wildman–Crippen MR) is 156 cm³/mol. The summed E-state index contributed by atoms with van der Waals surface area (Å²) < 4.78 is 33.6. The Morgan fingerprint density at radius 2 is 1.50 bits per heavy atom. The first-order chi connectivity index (χ1) is 20.3. The van der Waals surface area contributed by atoms with Crippen LogP contribution in [0.5, 0.6) is 5.75 Å². The Morgan fingerprint density at radius 1 is 0.786 bits per heavy atom. The minimum absolute atomic E-state index is 0.123. The predicted octanol–water partition coefficient (Wildman–Crippen LogP) is 7.21. The normalized spacial score (nSPS) is 11.0. The number of carboxylic acid groups (broad SMARTS) is 2. The number of aliphatic carboxylic acids is 1. The number of nitrogens with zero attached hydrogens (tertiary/aromatic N) is 1. The number of aromatic carboxylic acids is 1. The molecule has 0 saturated heterocycles. The molecule has 0 unspecified atom stereocenters. The molecular formula is C34H33F2NO5. The van der Waals surface area contributed by atoms with E-state index in [-0.39, 0.29) is 12.0 Å². The number of hydrogen-bond acceptors (Lipinski definition) is 4. The maximum Gasteiger partial charge on any atom is 0.335 e. The third-order valence-electron chi connectivity index (χ3n) is 6.98. The molecule has 0 amide bonds. The molecule has 0 heterocycles. The van der Waals surface area contributed by atoms with Crippen LogP contribution in [0.15, 0.2) is 91.0 Å². The number of benzene rings is 4. The number of unbranched alkanes of at least 4 members (excludes halogenated alkanes) is 1. The van der Waals surface area contributed by atoms with Crippen molar-refractivity contribution in [2.45, 2.75) is 38.8 Å². The summed E-state index contributed by atoms with van der Waals surface area (Å²) in [5.41, 5.74) is 4.12. The Hall–Kier alpha value is -4.56. The van der Waals surface area contributed by atoms with E-state index in [9.17, 15) is 23.5 Å². The largest absolute Gasteiger partial charge is 0.489 e. The van der Waals surface area contributed by atoms with Crippen LogP contribution in [-0.4, -0.2) is 40.1 Å². The van der Waals surface area contributed by atoms with E-state index in [2.05, 4.69) is 4.90 Å². The molecule has 0 bridgehead atoms. The molecule has 218 valence electrons. The molecule has 4 aromatic rings. The van der Waals surface area contributed by atoms with Crippen molar-refractivity contribution in [3.8, 4) is 16.9 Å². The van der Waals surface area contributed by atoms with E-state index in [4.69, 9.17) is 9.84 Å². The molecule has 4 aromatic carbocycles. The van der Waals surface area contributed by atoms with E-state index < -0.39 is 23.6 Å². The summed E-state index contributed by atoms with van der Waals surface area (Å²) in [4.78, 5) is 24.4. The highest BCUT2D eigenvalue weighted by molar-refractivity contribution is 5.87. The third kappa shape index (κ3) is 8.97. The van der Waals surface area contributed by atoms with Gasteiger partial charge in [-0.1, -0.05) is 54.6 Å². The topological polar surface area (TPSA) is 87.1 Å². The second-order valence-electron chi connectivity index (χ2n) is 10.1. The molecule has 0 aliphatic carbocycles. The summed E-state index contributed by atoms with van der Waals surface area (Å²) in [5.74, 6) is -2.25. The Bertz CT molecular complexity index is 1490. The lowest BCUT2D eigenvalue weighted by Crippen LogP contribution is -2.27. The molecular weight excluding hydrogens is 540 g/mol. The Morgan fingerprint density at radius 3 is 2.19 bits per heavy atom. The average molecular weight is 574 g/mol. The molecule has 0 aliphatic rings. The van der Waals surface area contributed by atoms with Crippen molar-refractivity contribution in [3.63, 3.8) is 0 Å². The zero-order valence-corrected chi connectivity index (χ0v) is 23.1. The van der Waals surface area contributed by atoms with Crippen molar-refractivity contribution in [2.75, 3.05) is 13.1 Å². The van der Waals surface area contributed by atoms with Gasteiger partial charge in [0.15, 0.2) is 0 Å². The molecule has 4 rings (SSSR count). The number of halogens is 2. The van der Waals surface area contributed by atoms with E-state index in [1.165, 1.54) is 12.1 Å². The van der Waals surface area contributed by atoms with Gasteiger partial charge in [-0.3, -0.25) is 9.69 Å². The van der Waals surface area contributed by atoms with Crippen LogP contribution in [0, 0.1) is 11.6 Å². The van der Waals surface area contributed by atoms with Crippen LogP contribution in [0.1, 0.15) is 46.3 Å². The molecule has 42 heavy (non-hydrogen) atoms. The molecule has 0 atom stereocenters. The van der Waals surface area contributed by atoms with Crippen molar-refractivity contribution in [1.82, 2.24) is 4.90 Å². The second-order valence-corrected chi connectivity index (χ2v) is 10.1. The monoisotopic (exact) mass is 573 g/mol. The second kappa shape index (κ2) is 14.9. The van der Waals surface area contributed by atoms with Gasteiger partial charge >= 0.3 is 11.9 Å². The minimum Gasteiger partial charge on any atom is -0.489 e. The molecule has 0 aromatic heterocycles. The van der Waals surface area contributed by atoms with E-state index in [0.29, 0.717) is 50.2 Å². The number of carboxylic acids is 2. The summed E-state index contributed by atoms with van der Waals surface area (Å²) in [6, 6.07) is 25.4. The third-order valence-corrected chi connectivity index (χ3v) is 6.98. The zero-order valence-electron chi connectivity index (χ0n) is 23.1. The van der Waals surface area contributed by atoms with Crippen LogP contribution >= 0.6 is 0 Å². The molecule has 0 saturated carbocycles. The van der Waals surface area contributed by atoms with Crippen molar-refractivity contribution in [2.24, 2.45) is 0 Å². The fourth-order valence-corrected chi connectivity index (χ4v) is 4.69. The maximum atomic E-state index is 14.2. The first-order valence-electron chi connectivity index (χ1n) is 13.8. The molecule has 2 N–H and O–H groups in total. The summed E-state index contributed by atoms with van der Waals surface area (Å²) in [6.45, 7) is 2.33. The maximum absolute atomic E-state index is 14.2. The SMILES string of the molecule is O=C(O)CCCCN(CCc1ccccc1OCc1ccc(-c2ccc(F)cc2F)cc1)Cc1ccc(C(=O)O)cc1. The van der Waals surface area contributed by atoms with Crippen LogP contribution in [0.2, 0.25) is 0 Å². The van der Waals surface area contributed by atoms with Crippen LogP contribution in [0.3, 0.4) is 0 Å². The van der Waals surface area contributed by atoms with E-state index >= 15 is 0 Å². The van der Waals surface area contributed by atoms with Crippen LogP contribution in [0.25, 0.3) is 11.1 Å². The van der Waals surface area contributed by atoms with Gasteiger partial charge < -0.3 is 14.9 Å². The number of ether oxygens (including phenoxy) is 1. The summed E-state index contributed by atoms with van der Waals surface area (Å²) in [5, 5.41) is 18.2. The van der Waals surface area contributed by atoms with Crippen LogP contribution < -0.4 is 4.74 Å². The molecule has 6 nitrogen and oxygen atoms in total. The standard InChI is InChI=1S/C34H33F2NO5/c35-29-16-17-30(31(36)21-29)26-12-10-25(11-13-26)23-42-32-6-2-1-5-27(32)18-20-37(19-4-3-7-33(38)39)22-24-8-14-28(15-9-24)34(40)41/h1-2,5-6,8-17,21H,3-4,7,18-20,22-23H2,(H,38,39)(H,40,41). The molecule has 0 spiro atoms. The Kier molecular flexibility index (Phi) is 10.8. The lowest BCUT2D eigenvalue weighted by atomic mass is 10.0. The fraction of sp³-hybridized carbons (Fsp3) is 0.235. The number of para-hydroxylation sites is 1. The lowest BCUT2D eigenvalue weighted by Gasteiger charge is -2.23. The fourth-order valence-electron chi connectivity index (χ4n) is 4.69. The first-order valence-corrected chi connectivity index (χ1v) is 13.8. The number of rotatable bonds is 15. The van der Waals surface area contributed by atoms with Gasteiger partial charge in [0.05, 0.1) is 5.56 Å². The van der Waals surface area contributed by atoms with Crippen molar-refractivity contribution < 1.29 is 33.3 Å². The average Bonchev–Trinajstić information content (AvgIpc) is 2.98.